The van der Waals surface area contributed by atoms with Crippen LogP contribution in [0.2, 0.25) is 5.02 Å². The van der Waals surface area contributed by atoms with Crippen molar-refractivity contribution in [3.63, 3.8) is 0 Å². The molecule has 30 heavy (non-hydrogen) atoms. The molecule has 0 spiro atoms. The first-order valence-electron chi connectivity index (χ1n) is 10.9. The van der Waals surface area contributed by atoms with Gasteiger partial charge in [0, 0.05) is 29.5 Å². The number of halogens is 1. The minimum atomic E-state index is -0.291. The molecule has 2 aromatic rings. The van der Waals surface area contributed by atoms with Crippen molar-refractivity contribution < 1.29 is 9.53 Å². The SMILES string of the molecule is Cc1ccc2c(c1)OC(C)(C)C[C@H]2NC(=O)C1CCN(Cc2ccc(Cl)cc2)CC1. The maximum absolute atomic E-state index is 13.1. The van der Waals surface area contributed by atoms with Crippen LogP contribution in [0.4, 0.5) is 0 Å². The number of nitrogens with one attached hydrogen (secondary N) is 1. The van der Waals surface area contributed by atoms with E-state index in [-0.39, 0.29) is 23.5 Å². The van der Waals surface area contributed by atoms with Crippen molar-refractivity contribution in [2.75, 3.05) is 13.1 Å². The maximum atomic E-state index is 13.1. The van der Waals surface area contributed by atoms with Crippen LogP contribution in [-0.4, -0.2) is 29.5 Å². The lowest BCUT2D eigenvalue weighted by atomic mass is 9.88. The molecule has 1 saturated heterocycles. The van der Waals surface area contributed by atoms with Crippen molar-refractivity contribution in [2.24, 2.45) is 5.92 Å². The maximum Gasteiger partial charge on any atom is 0.223 e. The van der Waals surface area contributed by atoms with E-state index in [9.17, 15) is 4.79 Å². The molecule has 160 valence electrons. The molecule has 0 aromatic heterocycles. The second-order valence-electron chi connectivity index (χ2n) is 9.35. The van der Waals surface area contributed by atoms with Gasteiger partial charge in [-0.05, 0) is 76.0 Å². The van der Waals surface area contributed by atoms with Gasteiger partial charge in [-0.15, -0.1) is 0 Å². The van der Waals surface area contributed by atoms with E-state index in [4.69, 9.17) is 16.3 Å². The zero-order valence-electron chi connectivity index (χ0n) is 18.1. The molecule has 0 radical (unpaired) electrons. The Balaban J connectivity index is 1.35. The zero-order valence-corrected chi connectivity index (χ0v) is 18.8. The van der Waals surface area contributed by atoms with Gasteiger partial charge in [-0.3, -0.25) is 9.69 Å². The number of hydrogen-bond donors (Lipinski definition) is 1. The third-order valence-corrected chi connectivity index (χ3v) is 6.47. The third-order valence-electron chi connectivity index (χ3n) is 6.22. The van der Waals surface area contributed by atoms with Gasteiger partial charge in [-0.1, -0.05) is 35.9 Å². The van der Waals surface area contributed by atoms with Crippen LogP contribution >= 0.6 is 11.6 Å². The lowest BCUT2D eigenvalue weighted by Crippen LogP contribution is -2.45. The van der Waals surface area contributed by atoms with E-state index in [0.29, 0.717) is 0 Å². The van der Waals surface area contributed by atoms with Gasteiger partial charge >= 0.3 is 0 Å². The molecule has 0 aliphatic carbocycles. The van der Waals surface area contributed by atoms with Crippen molar-refractivity contribution in [2.45, 2.75) is 58.2 Å². The Morgan fingerprint density at radius 1 is 1.17 bits per heavy atom. The summed E-state index contributed by atoms with van der Waals surface area (Å²) >= 11 is 5.98. The van der Waals surface area contributed by atoms with Gasteiger partial charge in [0.1, 0.15) is 11.4 Å². The molecule has 2 aliphatic heterocycles. The van der Waals surface area contributed by atoms with Crippen LogP contribution in [0.15, 0.2) is 42.5 Å². The van der Waals surface area contributed by atoms with Crippen molar-refractivity contribution in [3.05, 3.63) is 64.2 Å². The smallest absolute Gasteiger partial charge is 0.223 e. The summed E-state index contributed by atoms with van der Waals surface area (Å²) in [6.45, 7) is 9.04. The first kappa shape index (κ1) is 21.2. The molecule has 0 unspecified atom stereocenters. The molecule has 0 saturated carbocycles. The predicted molar refractivity (Wildman–Crippen MR) is 121 cm³/mol. The molecule has 4 nitrogen and oxygen atoms in total. The molecule has 5 heteroatoms. The number of nitrogens with zero attached hydrogens (tertiary/aromatic N) is 1. The van der Waals surface area contributed by atoms with Gasteiger partial charge in [0.05, 0.1) is 6.04 Å². The summed E-state index contributed by atoms with van der Waals surface area (Å²) in [5, 5.41) is 4.10. The largest absolute Gasteiger partial charge is 0.487 e. The first-order valence-corrected chi connectivity index (χ1v) is 11.2. The summed E-state index contributed by atoms with van der Waals surface area (Å²) in [6.07, 6.45) is 2.57. The Hall–Kier alpha value is -2.04. The van der Waals surface area contributed by atoms with E-state index in [1.807, 2.05) is 12.1 Å². The van der Waals surface area contributed by atoms with Crippen LogP contribution in [0, 0.1) is 12.8 Å². The van der Waals surface area contributed by atoms with Crippen molar-refractivity contribution in [1.82, 2.24) is 10.2 Å². The van der Waals surface area contributed by atoms with Crippen LogP contribution in [0.3, 0.4) is 0 Å². The summed E-state index contributed by atoms with van der Waals surface area (Å²) in [4.78, 5) is 15.5. The fraction of sp³-hybridized carbons (Fsp3) is 0.480. The number of carbonyl (C=O) groups excluding carboxylic acids is 1. The number of ether oxygens (including phenoxy) is 1. The molecule has 1 N–H and O–H groups in total. The molecule has 4 rings (SSSR count). The zero-order chi connectivity index (χ0) is 21.3. The van der Waals surface area contributed by atoms with E-state index in [2.05, 4.69) is 61.3 Å². The number of rotatable bonds is 4. The average molecular weight is 427 g/mol. The van der Waals surface area contributed by atoms with Crippen molar-refractivity contribution in [3.8, 4) is 5.75 Å². The number of likely N-dealkylation sites (tertiary alicyclic amines) is 1. The number of carbonyl (C=O) groups is 1. The number of amides is 1. The molecule has 1 amide bonds. The molecule has 0 bridgehead atoms. The predicted octanol–water partition coefficient (Wildman–Crippen LogP) is 5.28. The summed E-state index contributed by atoms with van der Waals surface area (Å²) in [6, 6.07) is 14.3. The minimum absolute atomic E-state index is 0.00365. The molecule has 1 atom stereocenters. The second kappa shape index (κ2) is 8.60. The number of hydrogen-bond acceptors (Lipinski definition) is 3. The highest BCUT2D eigenvalue weighted by molar-refractivity contribution is 6.30. The highest BCUT2D eigenvalue weighted by atomic mass is 35.5. The number of fused-ring (bicyclic) bond motifs is 1. The van der Waals surface area contributed by atoms with Gasteiger partial charge in [0.15, 0.2) is 0 Å². The molecule has 2 aliphatic rings. The molecule has 2 aromatic carbocycles. The fourth-order valence-electron chi connectivity index (χ4n) is 4.58. The van der Waals surface area contributed by atoms with Crippen molar-refractivity contribution >= 4 is 17.5 Å². The Kier molecular flexibility index (Phi) is 6.08. The van der Waals surface area contributed by atoms with E-state index in [1.165, 1.54) is 11.1 Å². The van der Waals surface area contributed by atoms with Crippen LogP contribution in [0.5, 0.6) is 5.75 Å². The summed E-state index contributed by atoms with van der Waals surface area (Å²) in [5.41, 5.74) is 3.23. The van der Waals surface area contributed by atoms with Gasteiger partial charge in [0.2, 0.25) is 5.91 Å². The van der Waals surface area contributed by atoms with Crippen LogP contribution < -0.4 is 10.1 Å². The Labute approximate surface area is 184 Å². The molecular formula is C25H31ClN2O2. The van der Waals surface area contributed by atoms with E-state index < -0.39 is 0 Å². The molecule has 2 heterocycles. The number of benzene rings is 2. The van der Waals surface area contributed by atoms with Gasteiger partial charge < -0.3 is 10.1 Å². The van der Waals surface area contributed by atoms with Crippen LogP contribution in [0.1, 0.15) is 55.8 Å². The third kappa shape index (κ3) is 4.98. The Bertz CT molecular complexity index is 902. The summed E-state index contributed by atoms with van der Waals surface area (Å²) in [5.74, 6) is 1.15. The molecule has 1 fully saturated rings. The number of piperidine rings is 1. The Morgan fingerprint density at radius 3 is 2.57 bits per heavy atom. The topological polar surface area (TPSA) is 41.6 Å². The van der Waals surface area contributed by atoms with E-state index in [0.717, 1.165) is 55.2 Å². The lowest BCUT2D eigenvalue weighted by Gasteiger charge is -2.39. The average Bonchev–Trinajstić information content (AvgIpc) is 2.69. The quantitative estimate of drug-likeness (QED) is 0.723. The monoisotopic (exact) mass is 426 g/mol. The highest BCUT2D eigenvalue weighted by Gasteiger charge is 2.36. The van der Waals surface area contributed by atoms with E-state index in [1.54, 1.807) is 0 Å². The summed E-state index contributed by atoms with van der Waals surface area (Å²) < 4.78 is 6.17. The highest BCUT2D eigenvalue weighted by Crippen LogP contribution is 2.40. The first-order chi connectivity index (χ1) is 14.3. The van der Waals surface area contributed by atoms with Crippen molar-refractivity contribution in [1.29, 1.82) is 0 Å². The Morgan fingerprint density at radius 2 is 1.87 bits per heavy atom. The van der Waals surface area contributed by atoms with Gasteiger partial charge in [0.25, 0.3) is 0 Å². The summed E-state index contributed by atoms with van der Waals surface area (Å²) in [7, 11) is 0. The molecular weight excluding hydrogens is 396 g/mol. The van der Waals surface area contributed by atoms with Crippen LogP contribution in [0.25, 0.3) is 0 Å². The van der Waals surface area contributed by atoms with Gasteiger partial charge in [-0.25, -0.2) is 0 Å². The standard InChI is InChI=1S/C25H31ClN2O2/c1-17-4-9-21-22(15-25(2,3)30-23(21)14-17)27-24(29)19-10-12-28(13-11-19)16-18-5-7-20(26)8-6-18/h4-9,14,19,22H,10-13,15-16H2,1-3H3,(H,27,29)/t22-/m1/s1. The second-order valence-corrected chi connectivity index (χ2v) is 9.78. The minimum Gasteiger partial charge on any atom is -0.487 e. The van der Waals surface area contributed by atoms with Crippen LogP contribution in [-0.2, 0) is 11.3 Å². The van der Waals surface area contributed by atoms with Gasteiger partial charge in [-0.2, -0.15) is 0 Å². The van der Waals surface area contributed by atoms with E-state index >= 15 is 0 Å². The normalized spacial score (nSPS) is 21.5. The fourth-order valence-corrected chi connectivity index (χ4v) is 4.70. The lowest BCUT2D eigenvalue weighted by molar-refractivity contribution is -0.127. The number of aryl methyl sites for hydroxylation is 1.